The highest BCUT2D eigenvalue weighted by molar-refractivity contribution is 5.36. The van der Waals surface area contributed by atoms with Gasteiger partial charge in [-0.05, 0) is 31.4 Å². The van der Waals surface area contributed by atoms with Crippen molar-refractivity contribution in [2.24, 2.45) is 5.92 Å². The van der Waals surface area contributed by atoms with E-state index in [1.165, 1.54) is 38.5 Å². The van der Waals surface area contributed by atoms with E-state index in [1.54, 1.807) is 6.07 Å². The summed E-state index contributed by atoms with van der Waals surface area (Å²) in [5.41, 5.74) is 0.788. The van der Waals surface area contributed by atoms with E-state index in [4.69, 9.17) is 9.47 Å². The molecular weight excluding hydrogens is 372 g/mol. The Morgan fingerprint density at radius 3 is 1.80 bits per heavy atom. The number of para-hydroxylation sites is 1. The van der Waals surface area contributed by atoms with Crippen molar-refractivity contribution >= 4 is 0 Å². The molecule has 0 bridgehead atoms. The molecule has 3 heteroatoms. The first-order valence-corrected chi connectivity index (χ1v) is 12.7. The summed E-state index contributed by atoms with van der Waals surface area (Å²) >= 11 is 0. The van der Waals surface area contributed by atoms with Gasteiger partial charge >= 0.3 is 0 Å². The summed E-state index contributed by atoms with van der Waals surface area (Å²) in [5.74, 6) is -0.408. The third-order valence-corrected chi connectivity index (χ3v) is 6.05. The molecule has 0 aliphatic carbocycles. The van der Waals surface area contributed by atoms with Gasteiger partial charge in [-0.25, -0.2) is 0 Å². The SMILES string of the molecule is CCCCCCCCC(C)C(OCCCCC)(OCCCCC)c1ccccc1O. The third kappa shape index (κ3) is 9.39. The molecule has 1 atom stereocenters. The molecule has 1 rings (SSSR count). The molecule has 0 heterocycles. The number of hydrogen-bond acceptors (Lipinski definition) is 3. The molecule has 0 fully saturated rings. The Morgan fingerprint density at radius 2 is 1.23 bits per heavy atom. The van der Waals surface area contributed by atoms with Crippen molar-refractivity contribution in [1.29, 1.82) is 0 Å². The lowest BCUT2D eigenvalue weighted by atomic mass is 9.87. The molecule has 0 radical (unpaired) electrons. The summed E-state index contributed by atoms with van der Waals surface area (Å²) in [4.78, 5) is 0. The van der Waals surface area contributed by atoms with Crippen LogP contribution < -0.4 is 0 Å². The second-order valence-electron chi connectivity index (χ2n) is 8.75. The Labute approximate surface area is 186 Å². The molecule has 174 valence electrons. The first-order valence-electron chi connectivity index (χ1n) is 12.7. The lowest BCUT2D eigenvalue weighted by Gasteiger charge is -2.40. The average molecular weight is 421 g/mol. The Bertz CT molecular complexity index is 517. The molecule has 0 aliphatic rings. The maximum absolute atomic E-state index is 10.7. The van der Waals surface area contributed by atoms with Crippen molar-refractivity contribution in [3.05, 3.63) is 29.8 Å². The molecule has 3 nitrogen and oxygen atoms in total. The number of hydrogen-bond donors (Lipinski definition) is 1. The molecule has 1 N–H and O–H groups in total. The van der Waals surface area contributed by atoms with Gasteiger partial charge in [0.2, 0.25) is 5.79 Å². The zero-order chi connectivity index (χ0) is 22.1. The van der Waals surface area contributed by atoms with Crippen molar-refractivity contribution in [1.82, 2.24) is 0 Å². The zero-order valence-corrected chi connectivity index (χ0v) is 20.3. The molecule has 0 saturated carbocycles. The van der Waals surface area contributed by atoms with Crippen molar-refractivity contribution in [2.45, 2.75) is 117 Å². The summed E-state index contributed by atoms with van der Waals surface area (Å²) in [7, 11) is 0. The number of aromatic hydroxyl groups is 1. The maximum atomic E-state index is 10.7. The first-order chi connectivity index (χ1) is 14.6. The molecule has 0 aliphatic heterocycles. The van der Waals surface area contributed by atoms with Crippen molar-refractivity contribution in [3.63, 3.8) is 0 Å². The molecule has 1 unspecified atom stereocenters. The molecule has 30 heavy (non-hydrogen) atoms. The smallest absolute Gasteiger partial charge is 0.201 e. The van der Waals surface area contributed by atoms with E-state index in [0.717, 1.165) is 50.5 Å². The molecule has 0 amide bonds. The van der Waals surface area contributed by atoms with Gasteiger partial charge < -0.3 is 14.6 Å². The standard InChI is InChI=1S/C27H48O3/c1-5-8-11-12-13-14-19-24(4)27(29-22-17-9-6-2,30-23-18-10-7-3)25-20-15-16-21-26(25)28/h15-16,20-21,24,28H,5-14,17-19,22-23H2,1-4H3. The summed E-state index contributed by atoms with van der Waals surface area (Å²) in [6.07, 6.45) is 15.4. The van der Waals surface area contributed by atoms with Gasteiger partial charge in [0.05, 0.1) is 18.8 Å². The molecule has 1 aromatic carbocycles. The minimum Gasteiger partial charge on any atom is -0.507 e. The van der Waals surface area contributed by atoms with Gasteiger partial charge in [-0.15, -0.1) is 0 Å². The van der Waals surface area contributed by atoms with Gasteiger partial charge in [-0.1, -0.05) is 104 Å². The van der Waals surface area contributed by atoms with Crippen LogP contribution >= 0.6 is 0 Å². The number of phenols is 1. The van der Waals surface area contributed by atoms with Crippen LogP contribution in [-0.2, 0) is 15.3 Å². The highest BCUT2D eigenvalue weighted by atomic mass is 16.7. The first kappa shape index (κ1) is 27.0. The zero-order valence-electron chi connectivity index (χ0n) is 20.3. The number of benzene rings is 1. The summed E-state index contributed by atoms with van der Waals surface area (Å²) in [5, 5.41) is 10.7. The molecule has 0 aromatic heterocycles. The van der Waals surface area contributed by atoms with Gasteiger partial charge in [0.15, 0.2) is 0 Å². The van der Waals surface area contributed by atoms with Gasteiger partial charge in [-0.3, -0.25) is 0 Å². The Morgan fingerprint density at radius 1 is 0.733 bits per heavy atom. The van der Waals surface area contributed by atoms with E-state index in [0.29, 0.717) is 13.2 Å². The second-order valence-corrected chi connectivity index (χ2v) is 8.75. The lowest BCUT2D eigenvalue weighted by molar-refractivity contribution is -0.278. The van der Waals surface area contributed by atoms with Gasteiger partial charge in [-0.2, -0.15) is 0 Å². The molecular formula is C27H48O3. The van der Waals surface area contributed by atoms with Crippen LogP contribution in [-0.4, -0.2) is 18.3 Å². The van der Waals surface area contributed by atoms with Crippen LogP contribution in [0.3, 0.4) is 0 Å². The highest BCUT2D eigenvalue weighted by Crippen LogP contribution is 2.42. The fraction of sp³-hybridized carbons (Fsp3) is 0.778. The van der Waals surface area contributed by atoms with Crippen molar-refractivity contribution in [3.8, 4) is 5.75 Å². The van der Waals surface area contributed by atoms with Crippen molar-refractivity contribution in [2.75, 3.05) is 13.2 Å². The van der Waals surface area contributed by atoms with E-state index in [2.05, 4.69) is 27.7 Å². The van der Waals surface area contributed by atoms with Crippen molar-refractivity contribution < 1.29 is 14.6 Å². The van der Waals surface area contributed by atoms with Crippen LogP contribution in [0.15, 0.2) is 24.3 Å². The topological polar surface area (TPSA) is 38.7 Å². The average Bonchev–Trinajstić information content (AvgIpc) is 2.75. The van der Waals surface area contributed by atoms with Crippen LogP contribution in [0.4, 0.5) is 0 Å². The number of rotatable bonds is 19. The van der Waals surface area contributed by atoms with Gasteiger partial charge in [0.1, 0.15) is 5.75 Å². The lowest BCUT2D eigenvalue weighted by Crippen LogP contribution is -2.40. The summed E-state index contributed by atoms with van der Waals surface area (Å²) in [6, 6.07) is 7.58. The number of ether oxygens (including phenoxy) is 2. The largest absolute Gasteiger partial charge is 0.507 e. The number of phenolic OH excluding ortho intramolecular Hbond substituents is 1. The van der Waals surface area contributed by atoms with Crippen LogP contribution in [0.25, 0.3) is 0 Å². The fourth-order valence-corrected chi connectivity index (χ4v) is 4.09. The van der Waals surface area contributed by atoms with Crippen LogP contribution in [0.1, 0.15) is 117 Å². The van der Waals surface area contributed by atoms with E-state index >= 15 is 0 Å². The fourth-order valence-electron chi connectivity index (χ4n) is 4.09. The minimum absolute atomic E-state index is 0.181. The van der Waals surface area contributed by atoms with E-state index < -0.39 is 5.79 Å². The Kier molecular flexibility index (Phi) is 14.9. The molecule has 1 aromatic rings. The van der Waals surface area contributed by atoms with Crippen LogP contribution in [0.2, 0.25) is 0 Å². The molecule has 0 saturated heterocycles. The molecule has 0 spiro atoms. The Hall–Kier alpha value is -1.06. The number of unbranched alkanes of at least 4 members (excludes halogenated alkanes) is 9. The van der Waals surface area contributed by atoms with E-state index in [-0.39, 0.29) is 11.7 Å². The second kappa shape index (κ2) is 16.6. The monoisotopic (exact) mass is 420 g/mol. The minimum atomic E-state index is -0.865. The van der Waals surface area contributed by atoms with Crippen LogP contribution in [0.5, 0.6) is 5.75 Å². The predicted molar refractivity (Wildman–Crippen MR) is 128 cm³/mol. The quantitative estimate of drug-likeness (QED) is 0.180. The highest BCUT2D eigenvalue weighted by Gasteiger charge is 2.42. The normalized spacial score (nSPS) is 12.9. The summed E-state index contributed by atoms with van der Waals surface area (Å²) in [6.45, 7) is 10.2. The van der Waals surface area contributed by atoms with Crippen LogP contribution in [0, 0.1) is 5.92 Å². The van der Waals surface area contributed by atoms with E-state index in [9.17, 15) is 5.11 Å². The van der Waals surface area contributed by atoms with E-state index in [1.807, 2.05) is 18.2 Å². The van der Waals surface area contributed by atoms with Gasteiger partial charge in [0.25, 0.3) is 0 Å². The predicted octanol–water partition coefficient (Wildman–Crippen LogP) is 8.35. The third-order valence-electron chi connectivity index (χ3n) is 6.05. The van der Waals surface area contributed by atoms with Gasteiger partial charge in [0, 0.05) is 5.92 Å². The Balaban J connectivity index is 2.96. The summed E-state index contributed by atoms with van der Waals surface area (Å²) < 4.78 is 13.1. The maximum Gasteiger partial charge on any atom is 0.201 e.